The van der Waals surface area contributed by atoms with E-state index in [4.69, 9.17) is 0 Å². The maximum Gasteiger partial charge on any atom is 0.254 e. The molecule has 1 amide bonds. The third-order valence-electron chi connectivity index (χ3n) is 3.76. The van der Waals surface area contributed by atoms with Gasteiger partial charge in [-0.2, -0.15) is 0 Å². The summed E-state index contributed by atoms with van der Waals surface area (Å²) in [6.07, 6.45) is 1.41. The first-order valence-corrected chi connectivity index (χ1v) is 8.38. The van der Waals surface area contributed by atoms with Gasteiger partial charge in [-0.1, -0.05) is 12.1 Å². The molecule has 0 unspecified atom stereocenters. The normalized spacial score (nSPS) is 10.6. The van der Waals surface area contributed by atoms with Crippen molar-refractivity contribution in [3.8, 4) is 10.6 Å². The number of carbonyl (C=O) groups excluding carboxylic acids is 1. The molecule has 0 bridgehead atoms. The van der Waals surface area contributed by atoms with Crippen molar-refractivity contribution in [2.75, 3.05) is 5.32 Å². The summed E-state index contributed by atoms with van der Waals surface area (Å²) in [5.74, 6) is -0.258. The van der Waals surface area contributed by atoms with Gasteiger partial charge in [0, 0.05) is 11.8 Å². The molecule has 1 N–H and O–H groups in total. The van der Waals surface area contributed by atoms with E-state index in [0.29, 0.717) is 5.69 Å². The first-order valence-electron chi connectivity index (χ1n) is 7.50. The third kappa shape index (κ3) is 3.60. The Hall–Kier alpha value is -2.73. The highest BCUT2D eigenvalue weighted by molar-refractivity contribution is 7.13. The van der Waals surface area contributed by atoms with E-state index in [1.165, 1.54) is 28.3 Å². The lowest BCUT2D eigenvalue weighted by molar-refractivity contribution is -0.116. The Morgan fingerprint density at radius 3 is 2.71 bits per heavy atom. The fraction of sp³-hybridized carbons (Fsp3) is 0.167. The maximum atomic E-state index is 12.2. The Morgan fingerprint density at radius 2 is 2.04 bits per heavy atom. The van der Waals surface area contributed by atoms with E-state index in [0.717, 1.165) is 21.7 Å². The highest BCUT2D eigenvalue weighted by atomic mass is 32.1. The van der Waals surface area contributed by atoms with Crippen LogP contribution in [0.25, 0.3) is 10.6 Å². The average Bonchev–Trinajstić information content (AvgIpc) is 3.07. The lowest BCUT2D eigenvalue weighted by Gasteiger charge is -2.09. The number of hydrogen-bond acceptors (Lipinski definition) is 4. The van der Waals surface area contributed by atoms with Crippen molar-refractivity contribution in [3.63, 3.8) is 0 Å². The second-order valence-corrected chi connectivity index (χ2v) is 6.51. The number of nitrogens with one attached hydrogen (secondary N) is 1. The number of aryl methyl sites for hydroxylation is 2. The Labute approximate surface area is 143 Å². The summed E-state index contributed by atoms with van der Waals surface area (Å²) in [6, 6.07) is 11.0. The Balaban J connectivity index is 1.72. The first-order chi connectivity index (χ1) is 11.5. The van der Waals surface area contributed by atoms with Crippen molar-refractivity contribution in [1.29, 1.82) is 0 Å². The highest BCUT2D eigenvalue weighted by Gasteiger charge is 2.08. The molecule has 1 aromatic carbocycles. The minimum atomic E-state index is -0.258. The number of aromatic nitrogens is 2. The van der Waals surface area contributed by atoms with Crippen LogP contribution < -0.4 is 10.9 Å². The van der Waals surface area contributed by atoms with Crippen molar-refractivity contribution in [3.05, 3.63) is 69.6 Å². The maximum absolute atomic E-state index is 12.2. The molecule has 0 aliphatic heterocycles. The van der Waals surface area contributed by atoms with E-state index >= 15 is 0 Å². The van der Waals surface area contributed by atoms with Gasteiger partial charge in [-0.3, -0.25) is 14.2 Å². The zero-order valence-electron chi connectivity index (χ0n) is 13.4. The number of nitrogens with zero attached hydrogens (tertiary/aromatic N) is 2. The molecule has 0 spiro atoms. The number of amides is 1. The smallest absolute Gasteiger partial charge is 0.254 e. The number of benzene rings is 1. The molecule has 0 aliphatic carbocycles. The summed E-state index contributed by atoms with van der Waals surface area (Å²) in [4.78, 5) is 29.5. The second kappa shape index (κ2) is 6.80. The van der Waals surface area contributed by atoms with E-state index in [9.17, 15) is 9.59 Å². The number of thiophene rings is 1. The number of hydrogen-bond donors (Lipinski definition) is 1. The van der Waals surface area contributed by atoms with Crippen LogP contribution in [0.3, 0.4) is 0 Å². The van der Waals surface area contributed by atoms with Gasteiger partial charge in [0.25, 0.3) is 5.56 Å². The molecule has 2 aromatic heterocycles. The summed E-state index contributed by atoms with van der Waals surface area (Å²) in [5.41, 5.74) is 3.37. The van der Waals surface area contributed by atoms with Crippen molar-refractivity contribution < 1.29 is 4.79 Å². The van der Waals surface area contributed by atoms with E-state index in [1.54, 1.807) is 0 Å². The predicted molar refractivity (Wildman–Crippen MR) is 96.4 cm³/mol. The van der Waals surface area contributed by atoms with Gasteiger partial charge in [-0.15, -0.1) is 11.3 Å². The Kier molecular flexibility index (Phi) is 4.57. The zero-order valence-corrected chi connectivity index (χ0v) is 14.3. The number of anilines is 1. The molecule has 0 aliphatic rings. The average molecular weight is 339 g/mol. The highest BCUT2D eigenvalue weighted by Crippen LogP contribution is 2.20. The predicted octanol–water partition coefficient (Wildman–Crippen LogP) is 3.23. The summed E-state index contributed by atoms with van der Waals surface area (Å²) in [5, 5.41) is 4.73. The molecule has 0 fully saturated rings. The van der Waals surface area contributed by atoms with Crippen LogP contribution in [0.5, 0.6) is 0 Å². The monoisotopic (exact) mass is 339 g/mol. The molecule has 3 aromatic rings. The van der Waals surface area contributed by atoms with E-state index in [2.05, 4.69) is 10.3 Å². The SMILES string of the molecule is Cc1ccc(NC(=O)Cn2cnc(-c3cccs3)cc2=O)cc1C. The Bertz CT molecular complexity index is 930. The van der Waals surface area contributed by atoms with E-state index in [1.807, 2.05) is 49.6 Å². The fourth-order valence-electron chi connectivity index (χ4n) is 2.28. The van der Waals surface area contributed by atoms with Crippen LogP contribution in [0, 0.1) is 13.8 Å². The standard InChI is InChI=1S/C18H17N3O2S/c1-12-5-6-14(8-13(12)2)20-17(22)10-21-11-19-15(9-18(21)23)16-4-3-7-24-16/h3-9,11H,10H2,1-2H3,(H,20,22). The van der Waals surface area contributed by atoms with Crippen LogP contribution in [-0.2, 0) is 11.3 Å². The summed E-state index contributed by atoms with van der Waals surface area (Å²) in [7, 11) is 0. The van der Waals surface area contributed by atoms with E-state index in [-0.39, 0.29) is 18.0 Å². The fourth-order valence-corrected chi connectivity index (χ4v) is 2.97. The largest absolute Gasteiger partial charge is 0.325 e. The molecule has 5 nitrogen and oxygen atoms in total. The molecule has 6 heteroatoms. The first kappa shape index (κ1) is 16.1. The van der Waals surface area contributed by atoms with Gasteiger partial charge in [0.15, 0.2) is 0 Å². The molecule has 2 heterocycles. The van der Waals surface area contributed by atoms with Gasteiger partial charge in [0.05, 0.1) is 16.9 Å². The molecule has 3 rings (SSSR count). The molecule has 0 saturated heterocycles. The lowest BCUT2D eigenvalue weighted by Crippen LogP contribution is -2.27. The van der Waals surface area contributed by atoms with Gasteiger partial charge in [0.2, 0.25) is 5.91 Å². The molecule has 0 radical (unpaired) electrons. The van der Waals surface area contributed by atoms with Gasteiger partial charge < -0.3 is 5.32 Å². The summed E-state index contributed by atoms with van der Waals surface area (Å²) >= 11 is 1.52. The molecule has 0 atom stereocenters. The molecule has 122 valence electrons. The van der Waals surface area contributed by atoms with Gasteiger partial charge in [0.1, 0.15) is 6.54 Å². The number of carbonyl (C=O) groups is 1. The van der Waals surface area contributed by atoms with Crippen LogP contribution in [-0.4, -0.2) is 15.5 Å². The molecule has 24 heavy (non-hydrogen) atoms. The van der Waals surface area contributed by atoms with Crippen molar-refractivity contribution in [1.82, 2.24) is 9.55 Å². The third-order valence-corrected chi connectivity index (χ3v) is 4.65. The number of rotatable bonds is 4. The van der Waals surface area contributed by atoms with Gasteiger partial charge in [-0.05, 0) is 48.6 Å². The van der Waals surface area contributed by atoms with Crippen molar-refractivity contribution in [2.45, 2.75) is 20.4 Å². The minimum Gasteiger partial charge on any atom is -0.325 e. The quantitative estimate of drug-likeness (QED) is 0.794. The summed E-state index contributed by atoms with van der Waals surface area (Å²) < 4.78 is 1.30. The van der Waals surface area contributed by atoms with Crippen LogP contribution in [0.2, 0.25) is 0 Å². The topological polar surface area (TPSA) is 64.0 Å². The minimum absolute atomic E-state index is 0.0660. The summed E-state index contributed by atoms with van der Waals surface area (Å²) in [6.45, 7) is 3.94. The van der Waals surface area contributed by atoms with E-state index < -0.39 is 0 Å². The molecular formula is C18H17N3O2S. The van der Waals surface area contributed by atoms with Gasteiger partial charge in [-0.25, -0.2) is 4.98 Å². The Morgan fingerprint density at radius 1 is 1.21 bits per heavy atom. The zero-order chi connectivity index (χ0) is 17.1. The molecular weight excluding hydrogens is 322 g/mol. The van der Waals surface area contributed by atoms with Crippen LogP contribution in [0.15, 0.2) is 52.9 Å². The van der Waals surface area contributed by atoms with Crippen molar-refractivity contribution in [2.24, 2.45) is 0 Å². The van der Waals surface area contributed by atoms with Gasteiger partial charge >= 0.3 is 0 Å². The van der Waals surface area contributed by atoms with Crippen LogP contribution in [0.4, 0.5) is 5.69 Å². The van der Waals surface area contributed by atoms with Crippen LogP contribution in [0.1, 0.15) is 11.1 Å². The second-order valence-electron chi connectivity index (χ2n) is 5.56. The molecule has 0 saturated carbocycles. The van der Waals surface area contributed by atoms with Crippen LogP contribution >= 0.6 is 11.3 Å². The van der Waals surface area contributed by atoms with Crippen molar-refractivity contribution >= 4 is 22.9 Å². The lowest BCUT2D eigenvalue weighted by atomic mass is 10.1.